The van der Waals surface area contributed by atoms with Crippen LogP contribution in [0.5, 0.6) is 0 Å². The zero-order valence-electron chi connectivity index (χ0n) is 17.4. The monoisotopic (exact) mass is 392 g/mol. The van der Waals surface area contributed by atoms with Gasteiger partial charge in [-0.05, 0) is 135 Å². The number of rotatable bonds is 4. The predicted molar refractivity (Wildman–Crippen MR) is 119 cm³/mol. The maximum absolute atomic E-state index is 2.46. The van der Waals surface area contributed by atoms with Crippen LogP contribution in [-0.4, -0.2) is 11.3 Å². The topological polar surface area (TPSA) is 0 Å². The van der Waals surface area contributed by atoms with Gasteiger partial charge in [0, 0.05) is 0 Å². The zero-order valence-corrected chi connectivity index (χ0v) is 18.3. The highest BCUT2D eigenvalue weighted by Gasteiger charge is 2.56. The van der Waals surface area contributed by atoms with E-state index in [0.717, 1.165) is 58.7 Å². The first kappa shape index (κ1) is 17.3. The van der Waals surface area contributed by atoms with Gasteiger partial charge in [0.1, 0.15) is 0 Å². The molecule has 8 aliphatic carbocycles. The summed E-state index contributed by atoms with van der Waals surface area (Å²) in [6.07, 6.45) is 17.7. The number of hydrogen-bond donors (Lipinski definition) is 0. The van der Waals surface area contributed by atoms with Gasteiger partial charge in [0.25, 0.3) is 0 Å². The van der Waals surface area contributed by atoms with Gasteiger partial charge < -0.3 is 0 Å². The zero-order chi connectivity index (χ0) is 18.2. The first-order chi connectivity index (χ1) is 13.8. The molecule has 0 aliphatic heterocycles. The molecule has 0 aromatic heterocycles. The van der Waals surface area contributed by atoms with Gasteiger partial charge in [0.05, 0.1) is 0 Å². The van der Waals surface area contributed by atoms with E-state index in [1.165, 1.54) is 6.16 Å². The highest BCUT2D eigenvalue weighted by atomic mass is 31.1. The first-order valence-electron chi connectivity index (χ1n) is 12.6. The highest BCUT2D eigenvalue weighted by Crippen LogP contribution is 2.71. The van der Waals surface area contributed by atoms with Gasteiger partial charge in [-0.2, -0.15) is 0 Å². The summed E-state index contributed by atoms with van der Waals surface area (Å²) < 4.78 is 0. The average molecular weight is 393 g/mol. The minimum absolute atomic E-state index is 0.163. The Balaban J connectivity index is 1.25. The summed E-state index contributed by atoms with van der Waals surface area (Å²) in [5.74, 6) is 9.03. The van der Waals surface area contributed by atoms with E-state index in [2.05, 4.69) is 30.3 Å². The van der Waals surface area contributed by atoms with Gasteiger partial charge in [0.15, 0.2) is 0 Å². The van der Waals surface area contributed by atoms with Gasteiger partial charge in [0.2, 0.25) is 0 Å². The molecule has 9 rings (SSSR count). The minimum atomic E-state index is 0.163. The lowest BCUT2D eigenvalue weighted by Gasteiger charge is -2.62. The molecule has 8 bridgehead atoms. The van der Waals surface area contributed by atoms with Crippen molar-refractivity contribution in [3.05, 3.63) is 35.9 Å². The molecule has 0 atom stereocenters. The second-order valence-electron chi connectivity index (χ2n) is 12.0. The second-order valence-corrected chi connectivity index (χ2v) is 14.5. The third-order valence-corrected chi connectivity index (χ3v) is 14.3. The van der Waals surface area contributed by atoms with Crippen LogP contribution in [0.25, 0.3) is 0 Å². The number of hydrogen-bond acceptors (Lipinski definition) is 0. The van der Waals surface area contributed by atoms with E-state index < -0.39 is 0 Å². The third kappa shape index (κ3) is 2.72. The number of benzene rings is 1. The fourth-order valence-corrected chi connectivity index (χ4v) is 14.7. The van der Waals surface area contributed by atoms with Crippen molar-refractivity contribution < 1.29 is 0 Å². The third-order valence-electron chi connectivity index (χ3n) is 10.3. The average Bonchev–Trinajstić information content (AvgIpc) is 2.67. The van der Waals surface area contributed by atoms with E-state index in [4.69, 9.17) is 0 Å². The normalized spacial score (nSPS) is 51.6. The van der Waals surface area contributed by atoms with Crippen LogP contribution >= 0.6 is 7.92 Å². The predicted octanol–water partition coefficient (Wildman–Crippen LogP) is 7.32. The molecule has 0 nitrogen and oxygen atoms in total. The van der Waals surface area contributed by atoms with Gasteiger partial charge in [-0.3, -0.25) is 0 Å². The summed E-state index contributed by atoms with van der Waals surface area (Å²) in [7, 11) is 0.163. The molecule has 28 heavy (non-hydrogen) atoms. The van der Waals surface area contributed by atoms with E-state index in [1.54, 1.807) is 69.8 Å². The molecule has 1 heteroatoms. The lowest BCUT2D eigenvalue weighted by atomic mass is 9.55. The summed E-state index contributed by atoms with van der Waals surface area (Å²) in [6.45, 7) is 0. The van der Waals surface area contributed by atoms with Crippen molar-refractivity contribution in [2.75, 3.05) is 0 Å². The molecule has 1 aromatic carbocycles. The smallest absolute Gasteiger partial charge is 0.00677 e. The Hall–Kier alpha value is -0.350. The van der Waals surface area contributed by atoms with Crippen molar-refractivity contribution in [3.8, 4) is 0 Å². The van der Waals surface area contributed by atoms with E-state index in [0.29, 0.717) is 0 Å². The van der Waals surface area contributed by atoms with Crippen molar-refractivity contribution in [1.29, 1.82) is 0 Å². The van der Waals surface area contributed by atoms with Crippen molar-refractivity contribution >= 4 is 7.92 Å². The van der Waals surface area contributed by atoms with Gasteiger partial charge in [-0.1, -0.05) is 38.3 Å². The summed E-state index contributed by atoms with van der Waals surface area (Å²) in [5.41, 5.74) is 3.97. The van der Waals surface area contributed by atoms with Crippen LogP contribution in [-0.2, 0) is 6.16 Å². The lowest BCUT2D eigenvalue weighted by Crippen LogP contribution is -2.52. The van der Waals surface area contributed by atoms with Gasteiger partial charge in [-0.25, -0.2) is 0 Å². The molecular formula is C27H37P. The molecule has 0 N–H and O–H groups in total. The van der Waals surface area contributed by atoms with Crippen LogP contribution in [0.15, 0.2) is 30.3 Å². The summed E-state index contributed by atoms with van der Waals surface area (Å²) in [4.78, 5) is 0. The molecule has 0 unspecified atom stereocenters. The van der Waals surface area contributed by atoms with Crippen LogP contribution in [0, 0.1) is 47.3 Å². The summed E-state index contributed by atoms with van der Waals surface area (Å²) in [6, 6.07) is 11.7. The Morgan fingerprint density at radius 3 is 1.32 bits per heavy atom. The van der Waals surface area contributed by atoms with Crippen LogP contribution < -0.4 is 0 Å². The highest BCUT2D eigenvalue weighted by molar-refractivity contribution is 7.58. The van der Waals surface area contributed by atoms with Crippen molar-refractivity contribution in [2.24, 2.45) is 47.3 Å². The first-order valence-corrected chi connectivity index (χ1v) is 14.3. The largest absolute Gasteiger partial charge is 0.0947 e. The van der Waals surface area contributed by atoms with Crippen molar-refractivity contribution in [1.82, 2.24) is 0 Å². The standard InChI is InChI=1S/C27H37P/c1-2-4-17(5-3-1)16-28(26-22-8-18-6-19(10-22)11-23(26)9-18)27-24-12-20-7-21(14-24)15-25(27)13-20/h1-5,18-27H,6-16H2. The minimum Gasteiger partial charge on any atom is -0.0947 e. The molecule has 8 saturated carbocycles. The van der Waals surface area contributed by atoms with Gasteiger partial charge in [-0.15, -0.1) is 0 Å². The second kappa shape index (κ2) is 6.57. The van der Waals surface area contributed by atoms with Crippen LogP contribution in [0.2, 0.25) is 0 Å². The fraction of sp³-hybridized carbons (Fsp3) is 0.778. The lowest BCUT2D eigenvalue weighted by molar-refractivity contribution is 0.0129. The summed E-state index contributed by atoms with van der Waals surface area (Å²) >= 11 is 0. The maximum atomic E-state index is 2.46. The maximum Gasteiger partial charge on any atom is -0.00677 e. The summed E-state index contributed by atoms with van der Waals surface area (Å²) in [5, 5.41) is 0. The van der Waals surface area contributed by atoms with Crippen LogP contribution in [0.1, 0.15) is 69.8 Å². The molecule has 8 fully saturated rings. The van der Waals surface area contributed by atoms with Crippen molar-refractivity contribution in [3.63, 3.8) is 0 Å². The molecular weight excluding hydrogens is 355 g/mol. The molecule has 150 valence electrons. The van der Waals surface area contributed by atoms with E-state index >= 15 is 0 Å². The molecule has 8 aliphatic rings. The quantitative estimate of drug-likeness (QED) is 0.471. The Kier molecular flexibility index (Phi) is 4.07. The molecule has 0 saturated heterocycles. The molecule has 0 radical (unpaired) electrons. The Labute approximate surface area is 173 Å². The van der Waals surface area contributed by atoms with E-state index in [-0.39, 0.29) is 7.92 Å². The van der Waals surface area contributed by atoms with E-state index in [9.17, 15) is 0 Å². The SMILES string of the molecule is c1ccc(CP(C2C3CC4CC(C3)CC2C4)C2C3CC4CC(C3)CC2C4)cc1. The Morgan fingerprint density at radius 1 is 0.536 bits per heavy atom. The van der Waals surface area contributed by atoms with Crippen molar-refractivity contribution in [2.45, 2.75) is 81.7 Å². The molecule has 0 spiro atoms. The van der Waals surface area contributed by atoms with Gasteiger partial charge >= 0.3 is 0 Å². The van der Waals surface area contributed by atoms with E-state index in [1.807, 2.05) is 0 Å². The Morgan fingerprint density at radius 2 is 0.929 bits per heavy atom. The van der Waals surface area contributed by atoms with Crippen LogP contribution in [0.3, 0.4) is 0 Å². The Bertz CT molecular complexity index is 625. The molecule has 0 amide bonds. The molecule has 0 heterocycles. The molecule has 1 aromatic rings. The van der Waals surface area contributed by atoms with Crippen LogP contribution in [0.4, 0.5) is 0 Å². The fourth-order valence-electron chi connectivity index (χ4n) is 10.1.